The van der Waals surface area contributed by atoms with E-state index in [0.29, 0.717) is 18.5 Å². The fourth-order valence-electron chi connectivity index (χ4n) is 2.93. The number of hydrazine groups is 1. The summed E-state index contributed by atoms with van der Waals surface area (Å²) in [5, 5.41) is 11.6. The number of hydrogen-bond donors (Lipinski definition) is 2. The molecule has 1 unspecified atom stereocenters. The minimum Gasteiger partial charge on any atom is -0.388 e. The van der Waals surface area contributed by atoms with Gasteiger partial charge >= 0.3 is 0 Å². The van der Waals surface area contributed by atoms with Gasteiger partial charge in [-0.1, -0.05) is 18.2 Å². The largest absolute Gasteiger partial charge is 0.388 e. The summed E-state index contributed by atoms with van der Waals surface area (Å²) in [6, 6.07) is 8.42. The maximum atomic E-state index is 12.6. The van der Waals surface area contributed by atoms with Gasteiger partial charge in [-0.2, -0.15) is 0 Å². The Labute approximate surface area is 140 Å². The monoisotopic (exact) mass is 330 g/mol. The molecule has 1 aliphatic heterocycles. The van der Waals surface area contributed by atoms with Crippen molar-refractivity contribution in [3.05, 3.63) is 30.3 Å². The molecule has 1 fully saturated rings. The zero-order chi connectivity index (χ0) is 17.3. The van der Waals surface area contributed by atoms with Crippen LogP contribution in [0.2, 0.25) is 0 Å². The van der Waals surface area contributed by atoms with Crippen molar-refractivity contribution in [2.24, 2.45) is 4.99 Å². The van der Waals surface area contributed by atoms with E-state index < -0.39 is 11.6 Å². The Morgan fingerprint density at radius 2 is 2.08 bits per heavy atom. The van der Waals surface area contributed by atoms with Gasteiger partial charge in [-0.15, -0.1) is 0 Å². The Kier molecular flexibility index (Phi) is 4.28. The van der Waals surface area contributed by atoms with E-state index in [2.05, 4.69) is 10.4 Å². The van der Waals surface area contributed by atoms with E-state index >= 15 is 0 Å². The first-order chi connectivity index (χ1) is 11.4. The van der Waals surface area contributed by atoms with E-state index in [1.165, 1.54) is 9.91 Å². The molecule has 3 rings (SSSR count). The molecular weight excluding hydrogens is 308 g/mol. The number of carbonyl (C=O) groups excluding carboxylic acids is 2. The van der Waals surface area contributed by atoms with Gasteiger partial charge in [0.1, 0.15) is 6.04 Å². The Morgan fingerprint density at radius 1 is 1.42 bits per heavy atom. The van der Waals surface area contributed by atoms with Crippen LogP contribution in [0.25, 0.3) is 0 Å². The number of likely N-dealkylation sites (N-methyl/N-ethyl adjacent to an activating group) is 1. The molecule has 1 saturated carbocycles. The first-order valence-electron chi connectivity index (χ1n) is 8.11. The lowest BCUT2D eigenvalue weighted by molar-refractivity contribution is -0.129. The van der Waals surface area contributed by atoms with Gasteiger partial charge in [-0.25, -0.2) is 10.0 Å². The lowest BCUT2D eigenvalue weighted by Crippen LogP contribution is -2.59. The van der Waals surface area contributed by atoms with E-state index in [1.807, 2.05) is 18.2 Å². The van der Waals surface area contributed by atoms with Gasteiger partial charge in [0.15, 0.2) is 0 Å². The molecule has 128 valence electrons. The number of anilines is 1. The van der Waals surface area contributed by atoms with Gasteiger partial charge in [0.2, 0.25) is 5.84 Å². The molecule has 2 N–H and O–H groups in total. The van der Waals surface area contributed by atoms with Crippen LogP contribution in [0.15, 0.2) is 35.3 Å². The van der Waals surface area contributed by atoms with Crippen LogP contribution in [0.3, 0.4) is 0 Å². The van der Waals surface area contributed by atoms with Crippen molar-refractivity contribution < 1.29 is 14.7 Å². The number of para-hydroxylation sites is 1. The number of amides is 2. The molecule has 0 spiro atoms. The molecule has 2 aliphatic rings. The molecule has 1 aliphatic carbocycles. The topological polar surface area (TPSA) is 85.2 Å². The van der Waals surface area contributed by atoms with Crippen LogP contribution in [0.1, 0.15) is 26.2 Å². The van der Waals surface area contributed by atoms with E-state index in [-0.39, 0.29) is 24.2 Å². The molecule has 1 aromatic carbocycles. The number of nitrogens with zero attached hydrogens (tertiary/aromatic N) is 3. The first-order valence-corrected chi connectivity index (χ1v) is 8.11. The first kappa shape index (κ1) is 16.4. The van der Waals surface area contributed by atoms with Gasteiger partial charge in [0.25, 0.3) is 11.8 Å². The molecule has 0 radical (unpaired) electrons. The number of rotatable bonds is 4. The van der Waals surface area contributed by atoms with Crippen molar-refractivity contribution in [1.82, 2.24) is 10.3 Å². The average Bonchev–Trinajstić information content (AvgIpc) is 2.55. The van der Waals surface area contributed by atoms with Crippen molar-refractivity contribution in [3.63, 3.8) is 0 Å². The third kappa shape index (κ3) is 3.12. The molecule has 1 atom stereocenters. The van der Waals surface area contributed by atoms with Crippen molar-refractivity contribution in [1.29, 1.82) is 0 Å². The normalized spacial score (nSPS) is 22.3. The SMILES string of the molecule is CC1N=C(C(=O)N(C)CC2(O)CCC2)NN(c2ccccc2)C1=O. The lowest BCUT2D eigenvalue weighted by Gasteiger charge is -2.40. The van der Waals surface area contributed by atoms with Crippen LogP contribution >= 0.6 is 0 Å². The molecule has 2 amide bonds. The van der Waals surface area contributed by atoms with Crippen molar-refractivity contribution in [2.45, 2.75) is 37.8 Å². The van der Waals surface area contributed by atoms with Crippen molar-refractivity contribution >= 4 is 23.3 Å². The highest BCUT2D eigenvalue weighted by Crippen LogP contribution is 2.32. The maximum absolute atomic E-state index is 12.6. The van der Waals surface area contributed by atoms with E-state index in [9.17, 15) is 14.7 Å². The number of carbonyl (C=O) groups is 2. The molecule has 0 aromatic heterocycles. The highest BCUT2D eigenvalue weighted by atomic mass is 16.3. The molecule has 0 bridgehead atoms. The summed E-state index contributed by atoms with van der Waals surface area (Å²) in [7, 11) is 1.64. The number of benzene rings is 1. The Balaban J connectivity index is 1.76. The number of nitrogens with one attached hydrogen (secondary N) is 1. The van der Waals surface area contributed by atoms with Gasteiger partial charge in [0.05, 0.1) is 11.3 Å². The highest BCUT2D eigenvalue weighted by Gasteiger charge is 2.38. The van der Waals surface area contributed by atoms with Gasteiger partial charge in [-0.05, 0) is 38.3 Å². The van der Waals surface area contributed by atoms with Gasteiger partial charge < -0.3 is 10.0 Å². The number of aliphatic hydroxyl groups is 1. The molecule has 1 heterocycles. The lowest BCUT2D eigenvalue weighted by atomic mass is 9.80. The van der Waals surface area contributed by atoms with Crippen LogP contribution in [0.5, 0.6) is 0 Å². The smallest absolute Gasteiger partial charge is 0.290 e. The summed E-state index contributed by atoms with van der Waals surface area (Å²) < 4.78 is 0. The van der Waals surface area contributed by atoms with Crippen molar-refractivity contribution in [3.8, 4) is 0 Å². The van der Waals surface area contributed by atoms with Crippen molar-refractivity contribution in [2.75, 3.05) is 18.6 Å². The van der Waals surface area contributed by atoms with Crippen LogP contribution < -0.4 is 10.4 Å². The molecule has 7 nitrogen and oxygen atoms in total. The van der Waals surface area contributed by atoms with Crippen LogP contribution in [0, 0.1) is 0 Å². The Hall–Kier alpha value is -2.41. The van der Waals surface area contributed by atoms with Gasteiger partial charge in [-0.3, -0.25) is 15.0 Å². The number of amidine groups is 1. The van der Waals surface area contributed by atoms with E-state index in [1.54, 1.807) is 26.1 Å². The zero-order valence-electron chi connectivity index (χ0n) is 13.9. The second-order valence-electron chi connectivity index (χ2n) is 6.51. The summed E-state index contributed by atoms with van der Waals surface area (Å²) in [6.45, 7) is 1.92. The summed E-state index contributed by atoms with van der Waals surface area (Å²) >= 11 is 0. The van der Waals surface area contributed by atoms with E-state index in [4.69, 9.17) is 0 Å². The van der Waals surface area contributed by atoms with E-state index in [0.717, 1.165) is 6.42 Å². The fraction of sp³-hybridized carbons (Fsp3) is 0.471. The van der Waals surface area contributed by atoms with Crippen LogP contribution in [0.4, 0.5) is 5.69 Å². The third-order valence-corrected chi connectivity index (χ3v) is 4.50. The maximum Gasteiger partial charge on any atom is 0.290 e. The molecule has 0 saturated heterocycles. The standard InChI is InChI=1S/C17H22N4O3/c1-12-15(22)21(13-7-4-3-5-8-13)19-14(18-12)16(23)20(2)11-17(24)9-6-10-17/h3-5,7-8,12,24H,6,9-11H2,1-2H3,(H,18,19). The Morgan fingerprint density at radius 3 is 2.67 bits per heavy atom. The summed E-state index contributed by atoms with van der Waals surface area (Å²) in [4.78, 5) is 30.6. The summed E-state index contributed by atoms with van der Waals surface area (Å²) in [5.41, 5.74) is 2.67. The zero-order valence-corrected chi connectivity index (χ0v) is 13.9. The number of aliphatic imine (C=N–C) groups is 1. The van der Waals surface area contributed by atoms with Crippen LogP contribution in [-0.4, -0.2) is 52.9 Å². The molecule has 7 heteroatoms. The minimum atomic E-state index is -0.791. The fourth-order valence-corrected chi connectivity index (χ4v) is 2.93. The average molecular weight is 330 g/mol. The predicted molar refractivity (Wildman–Crippen MR) is 90.4 cm³/mol. The summed E-state index contributed by atoms with van der Waals surface area (Å²) in [5.74, 6) is -0.454. The van der Waals surface area contributed by atoms with Gasteiger partial charge in [0, 0.05) is 13.6 Å². The second kappa shape index (κ2) is 6.24. The molecule has 24 heavy (non-hydrogen) atoms. The third-order valence-electron chi connectivity index (χ3n) is 4.50. The van der Waals surface area contributed by atoms with Crippen LogP contribution in [-0.2, 0) is 9.59 Å². The predicted octanol–water partition coefficient (Wildman–Crippen LogP) is 0.698. The molecular formula is C17H22N4O3. The minimum absolute atomic E-state index is 0.108. The highest BCUT2D eigenvalue weighted by molar-refractivity contribution is 6.39. The number of hydrogen-bond acceptors (Lipinski definition) is 5. The molecule has 1 aromatic rings. The summed E-state index contributed by atoms with van der Waals surface area (Å²) in [6.07, 6.45) is 2.39. The second-order valence-corrected chi connectivity index (χ2v) is 6.51. The Bertz CT molecular complexity index is 670. The quantitative estimate of drug-likeness (QED) is 0.851.